The zero-order chi connectivity index (χ0) is 17.2. The molecule has 0 spiro atoms. The van der Waals surface area contributed by atoms with Gasteiger partial charge in [0.1, 0.15) is 6.10 Å². The van der Waals surface area contributed by atoms with Gasteiger partial charge in [0.05, 0.1) is 0 Å². The van der Waals surface area contributed by atoms with Gasteiger partial charge in [-0.3, -0.25) is 4.79 Å². The van der Waals surface area contributed by atoms with E-state index in [1.807, 2.05) is 0 Å². The molecule has 0 radical (unpaired) electrons. The van der Waals surface area contributed by atoms with E-state index in [9.17, 15) is 9.59 Å². The molecule has 1 aliphatic heterocycles. The fourth-order valence-corrected chi connectivity index (χ4v) is 3.98. The summed E-state index contributed by atoms with van der Waals surface area (Å²) in [6.07, 6.45) is 3.87. The Morgan fingerprint density at radius 2 is 1.96 bits per heavy atom. The summed E-state index contributed by atoms with van der Waals surface area (Å²) in [5.74, 6) is -1.17. The second-order valence-electron chi connectivity index (χ2n) is 7.10. The molecule has 0 aromatic heterocycles. The molecular formula is C19H25NO4. The number of ether oxygens (including phenoxy) is 1. The zero-order valence-corrected chi connectivity index (χ0v) is 14.1. The Labute approximate surface area is 142 Å². The molecule has 5 heteroatoms. The third kappa shape index (κ3) is 3.46. The van der Waals surface area contributed by atoms with E-state index in [1.165, 1.54) is 24.0 Å². The molecule has 1 aromatic carbocycles. The number of carboxylic acids is 1. The number of aliphatic carboxylic acids is 1. The van der Waals surface area contributed by atoms with Gasteiger partial charge in [-0.25, -0.2) is 4.79 Å². The van der Waals surface area contributed by atoms with Crippen molar-refractivity contribution in [1.29, 1.82) is 0 Å². The van der Waals surface area contributed by atoms with Crippen LogP contribution < -0.4 is 5.32 Å². The highest BCUT2D eigenvalue weighted by Crippen LogP contribution is 2.41. The number of carbonyl (C=O) groups excluding carboxylic acids is 1. The third-order valence-corrected chi connectivity index (χ3v) is 5.38. The average molecular weight is 331 g/mol. The molecule has 1 aliphatic carbocycles. The maximum absolute atomic E-state index is 12.4. The van der Waals surface area contributed by atoms with Crippen LogP contribution in [0.1, 0.15) is 49.7 Å². The van der Waals surface area contributed by atoms with Crippen molar-refractivity contribution in [3.63, 3.8) is 0 Å². The lowest BCUT2D eigenvalue weighted by Crippen LogP contribution is -2.43. The van der Waals surface area contributed by atoms with Crippen molar-refractivity contribution in [2.24, 2.45) is 0 Å². The van der Waals surface area contributed by atoms with Crippen LogP contribution in [0.3, 0.4) is 0 Å². The number of carboxylic acid groups (broad SMARTS) is 1. The average Bonchev–Trinajstić information content (AvgIpc) is 3.23. The first-order chi connectivity index (χ1) is 11.5. The van der Waals surface area contributed by atoms with E-state index in [2.05, 4.69) is 36.5 Å². The van der Waals surface area contributed by atoms with Crippen LogP contribution in [0.4, 0.5) is 0 Å². The Morgan fingerprint density at radius 3 is 2.58 bits per heavy atom. The highest BCUT2D eigenvalue weighted by molar-refractivity contribution is 5.82. The largest absolute Gasteiger partial charge is 0.479 e. The highest BCUT2D eigenvalue weighted by atomic mass is 16.5. The fraction of sp³-hybridized carbons (Fsp3) is 0.579. The van der Waals surface area contributed by atoms with E-state index in [0.717, 1.165) is 12.8 Å². The van der Waals surface area contributed by atoms with Crippen molar-refractivity contribution < 1.29 is 19.4 Å². The molecule has 1 heterocycles. The molecule has 5 nitrogen and oxygen atoms in total. The SMILES string of the molecule is Cc1cccc(C2(CNC(=O)[C@@H]3CC[C@H](C(=O)O)O3)CCCC2)c1. The fourth-order valence-electron chi connectivity index (χ4n) is 3.98. The van der Waals surface area contributed by atoms with Crippen LogP contribution >= 0.6 is 0 Å². The van der Waals surface area contributed by atoms with Gasteiger partial charge < -0.3 is 15.2 Å². The van der Waals surface area contributed by atoms with E-state index in [1.54, 1.807) is 0 Å². The van der Waals surface area contributed by atoms with Gasteiger partial charge in [0.15, 0.2) is 6.10 Å². The quantitative estimate of drug-likeness (QED) is 0.869. The van der Waals surface area contributed by atoms with E-state index in [0.29, 0.717) is 19.4 Å². The van der Waals surface area contributed by atoms with Gasteiger partial charge in [-0.1, -0.05) is 42.7 Å². The number of amides is 1. The summed E-state index contributed by atoms with van der Waals surface area (Å²) in [7, 11) is 0. The minimum absolute atomic E-state index is 0.00746. The summed E-state index contributed by atoms with van der Waals surface area (Å²) in [5, 5.41) is 12.0. The first-order valence-corrected chi connectivity index (χ1v) is 8.73. The smallest absolute Gasteiger partial charge is 0.332 e. The van der Waals surface area contributed by atoms with Crippen LogP contribution in [0.5, 0.6) is 0 Å². The number of benzene rings is 1. The molecular weight excluding hydrogens is 306 g/mol. The molecule has 1 saturated carbocycles. The molecule has 1 amide bonds. The van der Waals surface area contributed by atoms with Crippen LogP contribution in [0.2, 0.25) is 0 Å². The lowest BCUT2D eigenvalue weighted by atomic mass is 9.78. The predicted molar refractivity (Wildman–Crippen MR) is 89.9 cm³/mol. The highest BCUT2D eigenvalue weighted by Gasteiger charge is 2.38. The Hall–Kier alpha value is -1.88. The topological polar surface area (TPSA) is 75.6 Å². The third-order valence-electron chi connectivity index (χ3n) is 5.38. The van der Waals surface area contributed by atoms with E-state index in [-0.39, 0.29) is 11.3 Å². The van der Waals surface area contributed by atoms with E-state index in [4.69, 9.17) is 9.84 Å². The van der Waals surface area contributed by atoms with Crippen molar-refractivity contribution in [3.05, 3.63) is 35.4 Å². The molecule has 2 aliphatic rings. The first kappa shape index (κ1) is 17.0. The number of nitrogens with one attached hydrogen (secondary N) is 1. The van der Waals surface area contributed by atoms with E-state index < -0.39 is 18.2 Å². The minimum atomic E-state index is -0.989. The molecule has 1 saturated heterocycles. The summed E-state index contributed by atoms with van der Waals surface area (Å²) in [6.45, 7) is 2.68. The molecule has 3 rings (SSSR count). The number of aryl methyl sites for hydroxylation is 1. The van der Waals surface area contributed by atoms with Crippen LogP contribution in [-0.2, 0) is 19.7 Å². The molecule has 24 heavy (non-hydrogen) atoms. The van der Waals surface area contributed by atoms with Crippen molar-refractivity contribution in [3.8, 4) is 0 Å². The lowest BCUT2D eigenvalue weighted by molar-refractivity contribution is -0.151. The summed E-state index contributed by atoms with van der Waals surface area (Å²) < 4.78 is 5.35. The number of hydrogen-bond acceptors (Lipinski definition) is 3. The normalized spacial score (nSPS) is 25.5. The Bertz CT molecular complexity index is 622. The van der Waals surface area contributed by atoms with Gasteiger partial charge >= 0.3 is 5.97 Å². The van der Waals surface area contributed by atoms with Gasteiger partial charge in [0.25, 0.3) is 0 Å². The van der Waals surface area contributed by atoms with Crippen molar-refractivity contribution in [1.82, 2.24) is 5.32 Å². The molecule has 0 bridgehead atoms. The summed E-state index contributed by atoms with van der Waals surface area (Å²) in [5.41, 5.74) is 2.51. The molecule has 0 unspecified atom stereocenters. The number of carbonyl (C=O) groups is 2. The second-order valence-corrected chi connectivity index (χ2v) is 7.10. The van der Waals surface area contributed by atoms with Gasteiger partial charge in [-0.15, -0.1) is 0 Å². The molecule has 130 valence electrons. The first-order valence-electron chi connectivity index (χ1n) is 8.73. The van der Waals surface area contributed by atoms with Gasteiger partial charge in [-0.05, 0) is 38.2 Å². The predicted octanol–water partition coefficient (Wildman–Crippen LogP) is 2.56. The number of hydrogen-bond donors (Lipinski definition) is 2. The molecule has 2 fully saturated rings. The van der Waals surface area contributed by atoms with Crippen molar-refractivity contribution >= 4 is 11.9 Å². The maximum Gasteiger partial charge on any atom is 0.332 e. The van der Waals surface area contributed by atoms with Crippen LogP contribution in [-0.4, -0.2) is 35.7 Å². The lowest BCUT2D eigenvalue weighted by Gasteiger charge is -2.31. The minimum Gasteiger partial charge on any atom is -0.479 e. The van der Waals surface area contributed by atoms with Gasteiger partial charge in [0, 0.05) is 12.0 Å². The van der Waals surface area contributed by atoms with Crippen LogP contribution in [0, 0.1) is 6.92 Å². The Balaban J connectivity index is 1.65. The maximum atomic E-state index is 12.4. The monoisotopic (exact) mass is 331 g/mol. The number of rotatable bonds is 5. The van der Waals surface area contributed by atoms with Gasteiger partial charge in [-0.2, -0.15) is 0 Å². The zero-order valence-electron chi connectivity index (χ0n) is 14.1. The summed E-state index contributed by atoms with van der Waals surface area (Å²) >= 11 is 0. The molecule has 2 N–H and O–H groups in total. The van der Waals surface area contributed by atoms with E-state index >= 15 is 0 Å². The Morgan fingerprint density at radius 1 is 1.25 bits per heavy atom. The van der Waals surface area contributed by atoms with Crippen molar-refractivity contribution in [2.45, 2.75) is 63.1 Å². The molecule has 1 aromatic rings. The summed E-state index contributed by atoms with van der Waals surface area (Å²) in [6, 6.07) is 8.52. The van der Waals surface area contributed by atoms with Gasteiger partial charge in [0.2, 0.25) is 5.91 Å². The summed E-state index contributed by atoms with van der Waals surface area (Å²) in [4.78, 5) is 23.3. The standard InChI is InChI=1S/C19H25NO4/c1-13-5-4-6-14(11-13)19(9-2-3-10-19)12-20-17(21)15-7-8-16(24-15)18(22)23/h4-6,11,15-16H,2-3,7-10,12H2,1H3,(H,20,21)(H,22,23)/t15-,16+/m0/s1. The Kier molecular flexibility index (Phi) is 4.90. The van der Waals surface area contributed by atoms with Crippen LogP contribution in [0.25, 0.3) is 0 Å². The second kappa shape index (κ2) is 6.93. The molecule has 2 atom stereocenters. The van der Waals surface area contributed by atoms with Crippen LogP contribution in [0.15, 0.2) is 24.3 Å². The van der Waals surface area contributed by atoms with Crippen molar-refractivity contribution in [2.75, 3.05) is 6.54 Å².